The zero-order valence-corrected chi connectivity index (χ0v) is 13.1. The van der Waals surface area contributed by atoms with Crippen LogP contribution < -0.4 is 0 Å². The molecule has 0 saturated carbocycles. The van der Waals surface area contributed by atoms with Gasteiger partial charge in [-0.15, -0.1) is 0 Å². The van der Waals surface area contributed by atoms with Gasteiger partial charge < -0.3 is 4.74 Å². The van der Waals surface area contributed by atoms with Crippen LogP contribution in [0.1, 0.15) is 25.0 Å². The standard InChI is InChI=1S/C16H19NO2S/c1-5-19-16(18)12(4)20-14-9-11(3)13-8-6-7-10(2)15(13)17-14/h6-9,12H,5H2,1-4H3. The molecule has 106 valence electrons. The fourth-order valence-electron chi connectivity index (χ4n) is 2.08. The summed E-state index contributed by atoms with van der Waals surface area (Å²) in [6, 6.07) is 8.20. The summed E-state index contributed by atoms with van der Waals surface area (Å²) in [5.41, 5.74) is 3.33. The number of carbonyl (C=O) groups is 1. The highest BCUT2D eigenvalue weighted by Gasteiger charge is 2.17. The molecule has 0 saturated heterocycles. The second-order valence-corrected chi connectivity index (χ2v) is 6.12. The van der Waals surface area contributed by atoms with Crippen molar-refractivity contribution in [2.24, 2.45) is 0 Å². The molecule has 2 aromatic rings. The SMILES string of the molecule is CCOC(=O)C(C)Sc1cc(C)c2cccc(C)c2n1. The van der Waals surface area contributed by atoms with Crippen molar-refractivity contribution in [2.75, 3.05) is 6.61 Å². The van der Waals surface area contributed by atoms with Crippen molar-refractivity contribution in [1.29, 1.82) is 0 Å². The van der Waals surface area contributed by atoms with E-state index in [1.807, 2.05) is 26.0 Å². The van der Waals surface area contributed by atoms with Gasteiger partial charge in [-0.05, 0) is 44.9 Å². The van der Waals surface area contributed by atoms with Crippen LogP contribution in [0.5, 0.6) is 0 Å². The molecule has 1 heterocycles. The third kappa shape index (κ3) is 3.12. The number of aromatic nitrogens is 1. The number of thioether (sulfide) groups is 1. The molecule has 2 rings (SSSR count). The van der Waals surface area contributed by atoms with E-state index in [9.17, 15) is 4.79 Å². The highest BCUT2D eigenvalue weighted by molar-refractivity contribution is 8.00. The molecule has 0 aliphatic heterocycles. The van der Waals surface area contributed by atoms with Gasteiger partial charge in [-0.3, -0.25) is 4.79 Å². The maximum atomic E-state index is 11.7. The van der Waals surface area contributed by atoms with E-state index < -0.39 is 0 Å². The molecular weight excluding hydrogens is 270 g/mol. The fraction of sp³-hybridized carbons (Fsp3) is 0.375. The van der Waals surface area contributed by atoms with E-state index in [1.54, 1.807) is 0 Å². The van der Waals surface area contributed by atoms with Crippen LogP contribution in [0.2, 0.25) is 0 Å². The van der Waals surface area contributed by atoms with Crippen LogP contribution in [-0.4, -0.2) is 22.8 Å². The van der Waals surface area contributed by atoms with Gasteiger partial charge >= 0.3 is 5.97 Å². The summed E-state index contributed by atoms with van der Waals surface area (Å²) in [4.78, 5) is 16.4. The highest BCUT2D eigenvalue weighted by atomic mass is 32.2. The first kappa shape index (κ1) is 14.9. The molecule has 1 aromatic carbocycles. The molecule has 1 atom stereocenters. The van der Waals surface area contributed by atoms with Gasteiger partial charge in [0.15, 0.2) is 0 Å². The Morgan fingerprint density at radius 3 is 2.80 bits per heavy atom. The van der Waals surface area contributed by atoms with Gasteiger partial charge in [-0.25, -0.2) is 4.98 Å². The quantitative estimate of drug-likeness (QED) is 0.632. The fourth-order valence-corrected chi connectivity index (χ4v) is 3.00. The number of hydrogen-bond donors (Lipinski definition) is 0. The summed E-state index contributed by atoms with van der Waals surface area (Å²) in [6.45, 7) is 8.20. The van der Waals surface area contributed by atoms with Gasteiger partial charge in [0.25, 0.3) is 0 Å². The molecule has 0 radical (unpaired) electrons. The summed E-state index contributed by atoms with van der Waals surface area (Å²) in [7, 11) is 0. The minimum Gasteiger partial charge on any atom is -0.465 e. The molecule has 20 heavy (non-hydrogen) atoms. The Morgan fingerprint density at radius 2 is 2.10 bits per heavy atom. The van der Waals surface area contributed by atoms with Gasteiger partial charge in [0.05, 0.1) is 17.1 Å². The first-order valence-electron chi connectivity index (χ1n) is 6.73. The molecule has 1 aromatic heterocycles. The molecular formula is C16H19NO2S. The third-order valence-corrected chi connectivity index (χ3v) is 4.14. The minimum absolute atomic E-state index is 0.193. The number of nitrogens with zero attached hydrogens (tertiary/aromatic N) is 1. The number of esters is 1. The number of pyridine rings is 1. The number of hydrogen-bond acceptors (Lipinski definition) is 4. The van der Waals surface area contributed by atoms with Crippen LogP contribution in [0, 0.1) is 13.8 Å². The first-order valence-corrected chi connectivity index (χ1v) is 7.61. The lowest BCUT2D eigenvalue weighted by molar-refractivity contribution is -0.142. The molecule has 4 heteroatoms. The number of aryl methyl sites for hydroxylation is 2. The zero-order valence-electron chi connectivity index (χ0n) is 12.3. The first-order chi connectivity index (χ1) is 9.52. The van der Waals surface area contributed by atoms with E-state index in [4.69, 9.17) is 4.74 Å². The number of para-hydroxylation sites is 1. The predicted molar refractivity (Wildman–Crippen MR) is 83.2 cm³/mol. The van der Waals surface area contributed by atoms with E-state index >= 15 is 0 Å². The molecule has 0 aliphatic carbocycles. The van der Waals surface area contributed by atoms with Crippen molar-refractivity contribution in [3.8, 4) is 0 Å². The maximum Gasteiger partial charge on any atom is 0.319 e. The summed E-state index contributed by atoms with van der Waals surface area (Å²) < 4.78 is 5.03. The average Bonchev–Trinajstić information content (AvgIpc) is 2.40. The normalized spacial score (nSPS) is 12.4. The smallest absolute Gasteiger partial charge is 0.319 e. The monoisotopic (exact) mass is 289 g/mol. The summed E-state index contributed by atoms with van der Waals surface area (Å²) in [5.74, 6) is -0.193. The van der Waals surface area contributed by atoms with Crippen molar-refractivity contribution in [1.82, 2.24) is 4.98 Å². The van der Waals surface area contributed by atoms with Crippen molar-refractivity contribution >= 4 is 28.6 Å². The number of rotatable bonds is 4. The van der Waals surface area contributed by atoms with Crippen molar-refractivity contribution in [2.45, 2.75) is 38.0 Å². The predicted octanol–water partition coefficient (Wildman–Crippen LogP) is 3.90. The van der Waals surface area contributed by atoms with Gasteiger partial charge in [-0.2, -0.15) is 0 Å². The molecule has 1 unspecified atom stereocenters. The van der Waals surface area contributed by atoms with E-state index in [2.05, 4.69) is 31.0 Å². The van der Waals surface area contributed by atoms with E-state index in [1.165, 1.54) is 17.3 Å². The average molecular weight is 289 g/mol. The Bertz CT molecular complexity index is 640. The Balaban J connectivity index is 2.32. The van der Waals surface area contributed by atoms with E-state index in [-0.39, 0.29) is 11.2 Å². The molecule has 3 nitrogen and oxygen atoms in total. The highest BCUT2D eigenvalue weighted by Crippen LogP contribution is 2.28. The van der Waals surface area contributed by atoms with Crippen LogP contribution in [-0.2, 0) is 9.53 Å². The summed E-state index contributed by atoms with van der Waals surface area (Å²) in [6.07, 6.45) is 0. The lowest BCUT2D eigenvalue weighted by Crippen LogP contribution is -2.16. The number of fused-ring (bicyclic) bond motifs is 1. The summed E-state index contributed by atoms with van der Waals surface area (Å²) in [5, 5.41) is 1.78. The molecule has 0 bridgehead atoms. The van der Waals surface area contributed by atoms with Crippen LogP contribution in [0.4, 0.5) is 0 Å². The Labute approximate surface area is 123 Å². The number of benzene rings is 1. The van der Waals surface area contributed by atoms with E-state index in [0.717, 1.165) is 21.5 Å². The van der Waals surface area contributed by atoms with Crippen molar-refractivity contribution in [3.05, 3.63) is 35.4 Å². The lowest BCUT2D eigenvalue weighted by atomic mass is 10.1. The van der Waals surface area contributed by atoms with Gasteiger partial charge in [0.1, 0.15) is 5.25 Å². The molecule has 0 aliphatic rings. The van der Waals surface area contributed by atoms with Crippen LogP contribution >= 0.6 is 11.8 Å². The second kappa shape index (κ2) is 6.27. The second-order valence-electron chi connectivity index (χ2n) is 4.76. The number of carbonyl (C=O) groups excluding carboxylic acids is 1. The molecule has 0 fully saturated rings. The number of ether oxygens (including phenoxy) is 1. The minimum atomic E-state index is -0.247. The third-order valence-electron chi connectivity index (χ3n) is 3.14. The van der Waals surface area contributed by atoms with Crippen molar-refractivity contribution in [3.63, 3.8) is 0 Å². The van der Waals surface area contributed by atoms with Crippen LogP contribution in [0.25, 0.3) is 10.9 Å². The van der Waals surface area contributed by atoms with Gasteiger partial charge in [0, 0.05) is 5.39 Å². The summed E-state index contributed by atoms with van der Waals surface area (Å²) >= 11 is 1.44. The van der Waals surface area contributed by atoms with Gasteiger partial charge in [0.2, 0.25) is 0 Å². The van der Waals surface area contributed by atoms with Crippen LogP contribution in [0.15, 0.2) is 29.3 Å². The van der Waals surface area contributed by atoms with Crippen LogP contribution in [0.3, 0.4) is 0 Å². The lowest BCUT2D eigenvalue weighted by Gasteiger charge is -2.12. The zero-order chi connectivity index (χ0) is 14.7. The Kier molecular flexibility index (Phi) is 4.65. The largest absolute Gasteiger partial charge is 0.465 e. The van der Waals surface area contributed by atoms with E-state index in [0.29, 0.717) is 6.61 Å². The Hall–Kier alpha value is -1.55. The molecule has 0 spiro atoms. The molecule has 0 N–H and O–H groups in total. The molecule has 0 amide bonds. The maximum absolute atomic E-state index is 11.7. The Morgan fingerprint density at radius 1 is 1.35 bits per heavy atom. The topological polar surface area (TPSA) is 39.2 Å². The van der Waals surface area contributed by atoms with Gasteiger partial charge in [-0.1, -0.05) is 30.0 Å². The van der Waals surface area contributed by atoms with Crippen molar-refractivity contribution < 1.29 is 9.53 Å².